The Morgan fingerprint density at radius 1 is 1.50 bits per heavy atom. The van der Waals surface area contributed by atoms with Gasteiger partial charge in [0.1, 0.15) is 0 Å². The summed E-state index contributed by atoms with van der Waals surface area (Å²) in [5.74, 6) is -0.0732. The van der Waals surface area contributed by atoms with Crippen LogP contribution in [-0.4, -0.2) is 31.4 Å². The Balaban J connectivity index is 2.59. The number of rotatable bonds is 5. The van der Waals surface area contributed by atoms with E-state index in [1.807, 2.05) is 0 Å². The van der Waals surface area contributed by atoms with Crippen molar-refractivity contribution in [3.05, 3.63) is 12.7 Å². The largest absolute Gasteiger partial charge is 0.456 e. The Morgan fingerprint density at radius 3 is 2.64 bits per heavy atom. The molecule has 4 nitrogen and oxygen atoms in total. The zero-order valence-electron chi connectivity index (χ0n) is 8.07. The van der Waals surface area contributed by atoms with E-state index in [9.17, 15) is 9.59 Å². The van der Waals surface area contributed by atoms with Gasteiger partial charge in [-0.3, -0.25) is 9.59 Å². The molecule has 0 aliphatic carbocycles. The van der Waals surface area contributed by atoms with Gasteiger partial charge in [-0.05, 0) is 32.0 Å². The first kappa shape index (κ1) is 10.9. The topological polar surface area (TPSA) is 55.4 Å². The highest BCUT2D eigenvalue weighted by atomic mass is 16.5. The Kier molecular flexibility index (Phi) is 4.32. The van der Waals surface area contributed by atoms with Gasteiger partial charge in [0, 0.05) is 5.92 Å². The van der Waals surface area contributed by atoms with Gasteiger partial charge in [0.05, 0.1) is 0 Å². The van der Waals surface area contributed by atoms with E-state index in [-0.39, 0.29) is 11.7 Å². The summed E-state index contributed by atoms with van der Waals surface area (Å²) in [4.78, 5) is 21.6. The Bertz CT molecular complexity index is 221. The Labute approximate surface area is 83.3 Å². The number of ether oxygens (including phenoxy) is 1. The maximum absolute atomic E-state index is 11.4. The molecule has 0 saturated carbocycles. The van der Waals surface area contributed by atoms with Crippen LogP contribution in [0.15, 0.2) is 12.7 Å². The lowest BCUT2D eigenvalue weighted by atomic mass is 9.90. The van der Waals surface area contributed by atoms with Crippen LogP contribution in [0.5, 0.6) is 0 Å². The molecule has 1 N–H and O–H groups in total. The quantitative estimate of drug-likeness (QED) is 0.508. The van der Waals surface area contributed by atoms with Crippen molar-refractivity contribution < 1.29 is 14.3 Å². The lowest BCUT2D eigenvalue weighted by Gasteiger charge is -2.27. The molecule has 1 rings (SSSR count). The van der Waals surface area contributed by atoms with Crippen LogP contribution in [0.1, 0.15) is 12.8 Å². The van der Waals surface area contributed by atoms with E-state index in [4.69, 9.17) is 4.74 Å². The lowest BCUT2D eigenvalue weighted by molar-refractivity contribution is -0.145. The van der Waals surface area contributed by atoms with Crippen molar-refractivity contribution in [2.45, 2.75) is 18.9 Å². The van der Waals surface area contributed by atoms with Crippen LogP contribution in [0.2, 0.25) is 0 Å². The number of carbonyl (C=O) groups excluding carboxylic acids is 2. The van der Waals surface area contributed by atoms with Gasteiger partial charge in [-0.2, -0.15) is 0 Å². The fourth-order valence-electron chi connectivity index (χ4n) is 1.73. The number of nitrogens with one attached hydrogen (secondary N) is 1. The first-order valence-corrected chi connectivity index (χ1v) is 4.75. The predicted molar refractivity (Wildman–Crippen MR) is 51.7 cm³/mol. The zero-order chi connectivity index (χ0) is 10.4. The molecular weight excluding hydrogens is 182 g/mol. The highest BCUT2D eigenvalue weighted by Gasteiger charge is 2.29. The van der Waals surface area contributed by atoms with Crippen molar-refractivity contribution in [1.82, 2.24) is 5.32 Å². The lowest BCUT2D eigenvalue weighted by Crippen LogP contribution is -2.38. The number of ketones is 1. The van der Waals surface area contributed by atoms with Crippen LogP contribution in [-0.2, 0) is 14.3 Å². The molecule has 0 spiro atoms. The molecule has 14 heavy (non-hydrogen) atoms. The summed E-state index contributed by atoms with van der Waals surface area (Å²) in [6, 6.07) is 0. The minimum Gasteiger partial charge on any atom is -0.456 e. The summed E-state index contributed by atoms with van der Waals surface area (Å²) in [5, 5.41) is 3.19. The highest BCUT2D eigenvalue weighted by molar-refractivity contribution is 5.93. The first-order chi connectivity index (χ1) is 6.79. The van der Waals surface area contributed by atoms with E-state index >= 15 is 0 Å². The third kappa shape index (κ3) is 2.67. The van der Waals surface area contributed by atoms with Gasteiger partial charge >= 0.3 is 0 Å². The van der Waals surface area contributed by atoms with Gasteiger partial charge in [-0.25, -0.2) is 0 Å². The third-order valence-electron chi connectivity index (χ3n) is 2.50. The number of piperidine rings is 1. The molecule has 1 unspecified atom stereocenters. The molecule has 0 bridgehead atoms. The van der Waals surface area contributed by atoms with E-state index < -0.39 is 6.10 Å². The third-order valence-corrected chi connectivity index (χ3v) is 2.50. The van der Waals surface area contributed by atoms with Crippen molar-refractivity contribution >= 4 is 12.3 Å². The molecule has 1 saturated heterocycles. The minimum atomic E-state index is -0.632. The second-order valence-electron chi connectivity index (χ2n) is 3.35. The second-order valence-corrected chi connectivity index (χ2v) is 3.35. The molecule has 1 atom stereocenters. The van der Waals surface area contributed by atoms with Gasteiger partial charge in [0.25, 0.3) is 6.47 Å². The fourth-order valence-corrected chi connectivity index (χ4v) is 1.73. The molecule has 78 valence electrons. The molecular formula is C10H15NO3. The Hall–Kier alpha value is -1.16. The molecule has 1 heterocycles. The van der Waals surface area contributed by atoms with Gasteiger partial charge in [-0.15, -0.1) is 0 Å². The van der Waals surface area contributed by atoms with E-state index in [0.29, 0.717) is 6.47 Å². The van der Waals surface area contributed by atoms with E-state index in [1.165, 1.54) is 6.08 Å². The van der Waals surface area contributed by atoms with E-state index in [0.717, 1.165) is 25.9 Å². The molecule has 4 heteroatoms. The Morgan fingerprint density at radius 2 is 2.14 bits per heavy atom. The van der Waals surface area contributed by atoms with Crippen LogP contribution in [0.3, 0.4) is 0 Å². The van der Waals surface area contributed by atoms with Gasteiger partial charge in [-0.1, -0.05) is 6.58 Å². The van der Waals surface area contributed by atoms with Gasteiger partial charge < -0.3 is 10.1 Å². The molecule has 1 aliphatic heterocycles. The van der Waals surface area contributed by atoms with Crippen molar-refractivity contribution in [2.24, 2.45) is 5.92 Å². The van der Waals surface area contributed by atoms with E-state index in [1.54, 1.807) is 0 Å². The molecule has 0 aromatic rings. The van der Waals surface area contributed by atoms with Gasteiger partial charge in [0.15, 0.2) is 11.9 Å². The smallest absolute Gasteiger partial charge is 0.293 e. The monoisotopic (exact) mass is 197 g/mol. The van der Waals surface area contributed by atoms with Crippen molar-refractivity contribution in [3.63, 3.8) is 0 Å². The normalized spacial score (nSPS) is 19.7. The maximum Gasteiger partial charge on any atom is 0.293 e. The second kappa shape index (κ2) is 5.54. The van der Waals surface area contributed by atoms with Crippen molar-refractivity contribution in [2.75, 3.05) is 13.1 Å². The SMILES string of the molecule is C=CC(=O)C(OC=O)C1CCNCC1. The van der Waals surface area contributed by atoms with Gasteiger partial charge in [0.2, 0.25) is 0 Å². The molecule has 1 aliphatic rings. The molecule has 0 aromatic heterocycles. The van der Waals surface area contributed by atoms with Crippen LogP contribution < -0.4 is 5.32 Å². The van der Waals surface area contributed by atoms with Crippen LogP contribution in [0.25, 0.3) is 0 Å². The van der Waals surface area contributed by atoms with Crippen LogP contribution in [0.4, 0.5) is 0 Å². The van der Waals surface area contributed by atoms with E-state index in [2.05, 4.69) is 11.9 Å². The molecule has 1 fully saturated rings. The maximum atomic E-state index is 11.4. The van der Waals surface area contributed by atoms with Crippen LogP contribution >= 0.6 is 0 Å². The summed E-state index contributed by atoms with van der Waals surface area (Å²) in [6.07, 6.45) is 2.30. The number of carbonyl (C=O) groups is 2. The first-order valence-electron chi connectivity index (χ1n) is 4.75. The minimum absolute atomic E-state index is 0.131. The predicted octanol–water partition coefficient (Wildman–Crippen LogP) is 0.283. The molecule has 0 radical (unpaired) electrons. The number of hydrogen-bond donors (Lipinski definition) is 1. The fraction of sp³-hybridized carbons (Fsp3) is 0.600. The summed E-state index contributed by atoms with van der Waals surface area (Å²) >= 11 is 0. The summed E-state index contributed by atoms with van der Waals surface area (Å²) in [6.45, 7) is 5.48. The summed E-state index contributed by atoms with van der Waals surface area (Å²) in [7, 11) is 0. The molecule has 0 aromatic carbocycles. The van der Waals surface area contributed by atoms with Crippen LogP contribution in [0, 0.1) is 5.92 Å². The van der Waals surface area contributed by atoms with Crippen molar-refractivity contribution in [3.8, 4) is 0 Å². The highest BCUT2D eigenvalue weighted by Crippen LogP contribution is 2.19. The standard InChI is InChI=1S/C10H15NO3/c1-2-9(13)10(14-7-12)8-3-5-11-6-4-8/h2,7-8,10-11H,1,3-6H2. The molecule has 0 amide bonds. The van der Waals surface area contributed by atoms with Crippen molar-refractivity contribution in [1.29, 1.82) is 0 Å². The average Bonchev–Trinajstić information content (AvgIpc) is 2.26. The number of hydrogen-bond acceptors (Lipinski definition) is 4. The average molecular weight is 197 g/mol. The summed E-state index contributed by atoms with van der Waals surface area (Å²) < 4.78 is 4.80. The summed E-state index contributed by atoms with van der Waals surface area (Å²) in [5.41, 5.74) is 0. The zero-order valence-corrected chi connectivity index (χ0v) is 8.07.